The third-order valence-electron chi connectivity index (χ3n) is 3.93. The number of pyridine rings is 1. The van der Waals surface area contributed by atoms with Crippen molar-refractivity contribution in [2.75, 3.05) is 0 Å². The van der Waals surface area contributed by atoms with Gasteiger partial charge in [0.15, 0.2) is 0 Å². The summed E-state index contributed by atoms with van der Waals surface area (Å²) in [6, 6.07) is 1.60. The van der Waals surface area contributed by atoms with Gasteiger partial charge in [-0.15, -0.1) is 0 Å². The Hall–Kier alpha value is -0.960. The number of hydrogen-bond acceptors (Lipinski definition) is 2. The minimum atomic E-state index is -1.06. The van der Waals surface area contributed by atoms with E-state index in [4.69, 9.17) is 0 Å². The maximum Gasteiger partial charge on any atom is 0.147 e. The summed E-state index contributed by atoms with van der Waals surface area (Å²) in [6.45, 7) is 4.01. The van der Waals surface area contributed by atoms with Crippen molar-refractivity contribution in [1.29, 1.82) is 0 Å². The van der Waals surface area contributed by atoms with Gasteiger partial charge in [0.25, 0.3) is 0 Å². The van der Waals surface area contributed by atoms with E-state index in [1.807, 2.05) is 13.8 Å². The summed E-state index contributed by atoms with van der Waals surface area (Å²) < 4.78 is 13.7. The predicted molar refractivity (Wildman–Crippen MR) is 60.3 cm³/mol. The Kier molecular flexibility index (Phi) is 2.74. The maximum absolute atomic E-state index is 13.7. The van der Waals surface area contributed by atoms with E-state index in [0.29, 0.717) is 12.0 Å². The van der Waals surface area contributed by atoms with Gasteiger partial charge in [0.2, 0.25) is 0 Å². The van der Waals surface area contributed by atoms with Crippen molar-refractivity contribution in [3.8, 4) is 0 Å². The minimum Gasteiger partial charge on any atom is -0.384 e. The molecular formula is C13H18FNO. The van der Waals surface area contributed by atoms with E-state index in [1.165, 1.54) is 6.20 Å². The molecule has 1 N–H and O–H groups in total. The molecule has 0 amide bonds. The molecule has 0 bridgehead atoms. The van der Waals surface area contributed by atoms with E-state index < -0.39 is 11.4 Å². The molecule has 1 aromatic rings. The lowest BCUT2D eigenvalue weighted by Crippen LogP contribution is -2.45. The van der Waals surface area contributed by atoms with E-state index in [2.05, 4.69) is 4.98 Å². The van der Waals surface area contributed by atoms with Gasteiger partial charge in [0, 0.05) is 11.8 Å². The Labute approximate surface area is 95.5 Å². The van der Waals surface area contributed by atoms with E-state index >= 15 is 0 Å². The number of aromatic nitrogens is 1. The van der Waals surface area contributed by atoms with Gasteiger partial charge in [-0.25, -0.2) is 4.39 Å². The predicted octanol–water partition coefficient (Wildman–Crippen LogP) is 3.01. The molecule has 1 aliphatic carbocycles. The molecule has 0 aliphatic heterocycles. The normalized spacial score (nSPS) is 29.0. The van der Waals surface area contributed by atoms with Crippen molar-refractivity contribution in [1.82, 2.24) is 4.98 Å². The number of rotatable bonds is 1. The standard InChI is InChI=1S/C13H18FNO/c1-12(2)6-3-4-7-13(12,16)10-5-8-15-9-11(10)14/h5,8-9,16H,3-4,6-7H2,1-2H3. The third kappa shape index (κ3) is 1.63. The van der Waals surface area contributed by atoms with Crippen molar-refractivity contribution < 1.29 is 9.50 Å². The maximum atomic E-state index is 13.7. The molecule has 1 heterocycles. The first-order valence-corrected chi connectivity index (χ1v) is 5.80. The molecule has 0 aromatic carbocycles. The quantitative estimate of drug-likeness (QED) is 0.794. The number of nitrogens with zero attached hydrogens (tertiary/aromatic N) is 1. The number of aliphatic hydroxyl groups is 1. The van der Waals surface area contributed by atoms with E-state index in [1.54, 1.807) is 12.3 Å². The van der Waals surface area contributed by atoms with Crippen LogP contribution in [-0.2, 0) is 5.60 Å². The first kappa shape index (κ1) is 11.5. The summed E-state index contributed by atoms with van der Waals surface area (Å²) in [4.78, 5) is 3.73. The molecule has 0 spiro atoms. The highest BCUT2D eigenvalue weighted by Crippen LogP contribution is 2.50. The van der Waals surface area contributed by atoms with Gasteiger partial charge >= 0.3 is 0 Å². The lowest BCUT2D eigenvalue weighted by Gasteiger charge is -2.46. The molecule has 1 atom stereocenters. The highest BCUT2D eigenvalue weighted by Gasteiger charge is 2.47. The Bertz CT molecular complexity index is 391. The molecule has 1 fully saturated rings. The summed E-state index contributed by atoms with van der Waals surface area (Å²) in [5.41, 5.74) is -0.946. The molecule has 1 aliphatic rings. The van der Waals surface area contributed by atoms with Crippen LogP contribution < -0.4 is 0 Å². The van der Waals surface area contributed by atoms with Crippen molar-refractivity contribution in [3.63, 3.8) is 0 Å². The van der Waals surface area contributed by atoms with Crippen LogP contribution in [0.1, 0.15) is 45.1 Å². The zero-order valence-electron chi connectivity index (χ0n) is 9.83. The van der Waals surface area contributed by atoms with Gasteiger partial charge in [-0.3, -0.25) is 4.98 Å². The average molecular weight is 223 g/mol. The summed E-state index contributed by atoms with van der Waals surface area (Å²) in [7, 11) is 0. The number of hydrogen-bond donors (Lipinski definition) is 1. The van der Waals surface area contributed by atoms with Crippen molar-refractivity contribution in [2.24, 2.45) is 5.41 Å². The molecule has 2 nitrogen and oxygen atoms in total. The van der Waals surface area contributed by atoms with Crippen LogP contribution in [-0.4, -0.2) is 10.1 Å². The zero-order chi connectivity index (χ0) is 11.8. The van der Waals surface area contributed by atoms with Crippen molar-refractivity contribution in [3.05, 3.63) is 29.8 Å². The second kappa shape index (κ2) is 3.81. The van der Waals surface area contributed by atoms with Gasteiger partial charge in [0.1, 0.15) is 5.82 Å². The fourth-order valence-corrected chi connectivity index (χ4v) is 2.70. The Morgan fingerprint density at radius 2 is 2.00 bits per heavy atom. The average Bonchev–Trinajstić information content (AvgIpc) is 2.23. The Balaban J connectivity index is 2.48. The van der Waals surface area contributed by atoms with Crippen LogP contribution >= 0.6 is 0 Å². The first-order valence-electron chi connectivity index (χ1n) is 5.80. The molecule has 1 unspecified atom stereocenters. The minimum absolute atomic E-state index is 0.284. The van der Waals surface area contributed by atoms with E-state index in [9.17, 15) is 9.50 Å². The fraction of sp³-hybridized carbons (Fsp3) is 0.615. The Morgan fingerprint density at radius 3 is 2.62 bits per heavy atom. The van der Waals surface area contributed by atoms with Gasteiger partial charge in [-0.2, -0.15) is 0 Å². The molecular weight excluding hydrogens is 205 g/mol. The van der Waals surface area contributed by atoms with E-state index in [0.717, 1.165) is 19.3 Å². The molecule has 1 aromatic heterocycles. The zero-order valence-corrected chi connectivity index (χ0v) is 9.83. The monoisotopic (exact) mass is 223 g/mol. The van der Waals surface area contributed by atoms with Crippen LogP contribution in [0.5, 0.6) is 0 Å². The second-order valence-electron chi connectivity index (χ2n) is 5.31. The van der Waals surface area contributed by atoms with Crippen LogP contribution in [0.3, 0.4) is 0 Å². The lowest BCUT2D eigenvalue weighted by atomic mass is 9.62. The third-order valence-corrected chi connectivity index (χ3v) is 3.93. The van der Waals surface area contributed by atoms with Crippen LogP contribution in [0.25, 0.3) is 0 Å². The highest BCUT2D eigenvalue weighted by atomic mass is 19.1. The summed E-state index contributed by atoms with van der Waals surface area (Å²) in [5, 5.41) is 10.8. The van der Waals surface area contributed by atoms with Gasteiger partial charge < -0.3 is 5.11 Å². The molecule has 0 saturated heterocycles. The van der Waals surface area contributed by atoms with Crippen molar-refractivity contribution in [2.45, 2.75) is 45.1 Å². The van der Waals surface area contributed by atoms with E-state index in [-0.39, 0.29) is 5.41 Å². The van der Waals surface area contributed by atoms with Gasteiger partial charge in [-0.05, 0) is 24.3 Å². The van der Waals surface area contributed by atoms with Crippen LogP contribution in [0, 0.1) is 11.2 Å². The van der Waals surface area contributed by atoms with Crippen molar-refractivity contribution >= 4 is 0 Å². The second-order valence-corrected chi connectivity index (χ2v) is 5.31. The Morgan fingerprint density at radius 1 is 1.31 bits per heavy atom. The first-order chi connectivity index (χ1) is 7.47. The molecule has 0 radical (unpaired) electrons. The molecule has 2 rings (SSSR count). The van der Waals surface area contributed by atoms with Gasteiger partial charge in [-0.1, -0.05) is 26.7 Å². The topological polar surface area (TPSA) is 33.1 Å². The van der Waals surface area contributed by atoms with Gasteiger partial charge in [0.05, 0.1) is 11.8 Å². The van der Waals surface area contributed by atoms with Crippen LogP contribution in [0.15, 0.2) is 18.5 Å². The highest BCUT2D eigenvalue weighted by molar-refractivity contribution is 5.24. The summed E-state index contributed by atoms with van der Waals surface area (Å²) in [6.07, 6.45) is 6.31. The molecule has 88 valence electrons. The van der Waals surface area contributed by atoms with Crippen LogP contribution in [0.4, 0.5) is 4.39 Å². The van der Waals surface area contributed by atoms with Crippen LogP contribution in [0.2, 0.25) is 0 Å². The molecule has 16 heavy (non-hydrogen) atoms. The number of halogens is 1. The summed E-state index contributed by atoms with van der Waals surface area (Å²) >= 11 is 0. The smallest absolute Gasteiger partial charge is 0.147 e. The fourth-order valence-electron chi connectivity index (χ4n) is 2.70. The lowest BCUT2D eigenvalue weighted by molar-refractivity contribution is -0.106. The molecule has 3 heteroatoms. The summed E-state index contributed by atoms with van der Waals surface area (Å²) in [5.74, 6) is -0.403. The molecule has 1 saturated carbocycles. The largest absolute Gasteiger partial charge is 0.384 e. The SMILES string of the molecule is CC1(C)CCCCC1(O)c1ccncc1F.